The highest BCUT2D eigenvalue weighted by Gasteiger charge is 2.34. The van der Waals surface area contributed by atoms with Crippen molar-refractivity contribution in [1.82, 2.24) is 29.5 Å². The van der Waals surface area contributed by atoms with Gasteiger partial charge in [0, 0.05) is 36.4 Å². The molecule has 1 aliphatic carbocycles. The second kappa shape index (κ2) is 8.96. The van der Waals surface area contributed by atoms with Crippen molar-refractivity contribution in [3.05, 3.63) is 70.6 Å². The number of benzene rings is 1. The maximum atomic E-state index is 10.7. The van der Waals surface area contributed by atoms with E-state index in [4.69, 9.17) is 15.1 Å². The molecule has 1 aromatic carbocycles. The quantitative estimate of drug-likeness (QED) is 0.440. The number of nitrogens with zero attached hydrogens (tertiary/aromatic N) is 7. The lowest BCUT2D eigenvalue weighted by molar-refractivity contribution is 0.152. The Labute approximate surface area is 203 Å². The van der Waals surface area contributed by atoms with Crippen molar-refractivity contribution in [2.75, 3.05) is 7.11 Å². The Morgan fingerprint density at radius 1 is 1.17 bits per heavy atom. The van der Waals surface area contributed by atoms with Crippen molar-refractivity contribution < 1.29 is 9.84 Å². The molecule has 0 radical (unpaired) electrons. The van der Waals surface area contributed by atoms with E-state index in [1.165, 1.54) is 6.33 Å². The molecule has 1 unspecified atom stereocenters. The first-order valence-corrected chi connectivity index (χ1v) is 11.6. The van der Waals surface area contributed by atoms with E-state index < -0.39 is 6.10 Å². The second-order valence-corrected chi connectivity index (χ2v) is 8.96. The number of aliphatic hydroxyl groups excluding tert-OH is 1. The van der Waals surface area contributed by atoms with Crippen LogP contribution in [0.4, 0.5) is 0 Å². The molecule has 178 valence electrons. The minimum atomic E-state index is -0.483. The number of methoxy groups -OCH3 is 1. The van der Waals surface area contributed by atoms with E-state index in [-0.39, 0.29) is 0 Å². The van der Waals surface area contributed by atoms with Crippen LogP contribution < -0.4 is 4.74 Å². The van der Waals surface area contributed by atoms with E-state index in [2.05, 4.69) is 21.1 Å². The number of aliphatic hydroxyl groups is 1. The fourth-order valence-electron chi connectivity index (χ4n) is 4.63. The van der Waals surface area contributed by atoms with Crippen molar-refractivity contribution in [3.63, 3.8) is 0 Å². The van der Waals surface area contributed by atoms with Crippen LogP contribution in [0.15, 0.2) is 36.7 Å². The third kappa shape index (κ3) is 4.17. The van der Waals surface area contributed by atoms with Gasteiger partial charge in [-0.3, -0.25) is 4.68 Å². The lowest BCUT2D eigenvalue weighted by atomic mass is 10.0. The smallest absolute Gasteiger partial charge is 0.168 e. The molecule has 3 heterocycles. The SMILES string of the molecule is COc1c(Cc2cc(-n3nc(C)c(C(O)C4CC4)c3C)ncn2)nn(C)c1-c1ccc(C#N)cc1. The molecule has 9 nitrogen and oxygen atoms in total. The fourth-order valence-corrected chi connectivity index (χ4v) is 4.63. The zero-order valence-corrected chi connectivity index (χ0v) is 20.2. The number of hydrogen-bond acceptors (Lipinski definition) is 7. The van der Waals surface area contributed by atoms with Gasteiger partial charge in [-0.2, -0.15) is 15.5 Å². The largest absolute Gasteiger partial charge is 0.492 e. The molecule has 1 N–H and O–H groups in total. The lowest BCUT2D eigenvalue weighted by Gasteiger charge is -2.10. The highest BCUT2D eigenvalue weighted by Crippen LogP contribution is 2.43. The summed E-state index contributed by atoms with van der Waals surface area (Å²) in [6.45, 7) is 3.89. The molecule has 0 spiro atoms. The number of aromatic nitrogens is 6. The van der Waals surface area contributed by atoms with Crippen molar-refractivity contribution in [1.29, 1.82) is 5.26 Å². The summed E-state index contributed by atoms with van der Waals surface area (Å²) >= 11 is 0. The van der Waals surface area contributed by atoms with Crippen molar-refractivity contribution in [2.45, 2.75) is 39.2 Å². The highest BCUT2D eigenvalue weighted by molar-refractivity contribution is 5.69. The number of ether oxygens (including phenoxy) is 1. The molecule has 4 aromatic rings. The van der Waals surface area contributed by atoms with Gasteiger partial charge >= 0.3 is 0 Å². The van der Waals surface area contributed by atoms with Crippen LogP contribution in [-0.2, 0) is 13.5 Å². The maximum Gasteiger partial charge on any atom is 0.168 e. The molecule has 0 bridgehead atoms. The summed E-state index contributed by atoms with van der Waals surface area (Å²) < 4.78 is 9.31. The molecule has 1 aliphatic rings. The summed E-state index contributed by atoms with van der Waals surface area (Å²) in [4.78, 5) is 8.90. The van der Waals surface area contributed by atoms with Gasteiger partial charge in [0.25, 0.3) is 0 Å². The number of rotatable bonds is 7. The zero-order valence-electron chi connectivity index (χ0n) is 20.2. The zero-order chi connectivity index (χ0) is 24.7. The molecular weight excluding hydrogens is 442 g/mol. The normalized spacial score (nSPS) is 14.1. The van der Waals surface area contributed by atoms with E-state index >= 15 is 0 Å². The van der Waals surface area contributed by atoms with E-state index in [0.717, 1.165) is 52.4 Å². The Kier molecular flexibility index (Phi) is 5.83. The first kappa shape index (κ1) is 22.7. The summed E-state index contributed by atoms with van der Waals surface area (Å²) in [6, 6.07) is 11.4. The fraction of sp³-hybridized carbons (Fsp3) is 0.346. The van der Waals surface area contributed by atoms with Gasteiger partial charge in [-0.05, 0) is 44.7 Å². The van der Waals surface area contributed by atoms with E-state index in [1.807, 2.05) is 39.1 Å². The summed E-state index contributed by atoms with van der Waals surface area (Å²) in [5.74, 6) is 1.64. The van der Waals surface area contributed by atoms with Gasteiger partial charge in [-0.1, -0.05) is 12.1 Å². The predicted molar refractivity (Wildman–Crippen MR) is 129 cm³/mol. The van der Waals surface area contributed by atoms with Crippen molar-refractivity contribution >= 4 is 0 Å². The molecule has 35 heavy (non-hydrogen) atoms. The Balaban J connectivity index is 1.47. The van der Waals surface area contributed by atoms with Crippen LogP contribution in [0, 0.1) is 31.1 Å². The molecule has 1 fully saturated rings. The molecule has 3 aromatic heterocycles. The Morgan fingerprint density at radius 3 is 2.57 bits per heavy atom. The van der Waals surface area contributed by atoms with E-state index in [1.54, 1.807) is 28.6 Å². The number of aryl methyl sites for hydroxylation is 2. The third-order valence-electron chi connectivity index (χ3n) is 6.55. The highest BCUT2D eigenvalue weighted by atomic mass is 16.5. The standard InChI is InChI=1S/C26H27N7O2/c1-15-23(25(34)19-9-10-19)16(2)33(30-15)22-12-20(28-14-29-22)11-21-26(35-4)24(32(3)31-21)18-7-5-17(13-27)6-8-18/h5-8,12,14,19,25,34H,9-11H2,1-4H3. The summed E-state index contributed by atoms with van der Waals surface area (Å²) in [5, 5.41) is 29.2. The first-order chi connectivity index (χ1) is 16.9. The van der Waals surface area contributed by atoms with E-state index in [9.17, 15) is 5.11 Å². The van der Waals surface area contributed by atoms with Crippen LogP contribution in [0.1, 0.15) is 52.8 Å². The van der Waals surface area contributed by atoms with Gasteiger partial charge in [0.1, 0.15) is 17.7 Å². The molecule has 5 rings (SSSR count). The van der Waals surface area contributed by atoms with Crippen molar-refractivity contribution in [3.8, 4) is 28.9 Å². The third-order valence-corrected chi connectivity index (χ3v) is 6.55. The van der Waals surface area contributed by atoms with Gasteiger partial charge in [-0.15, -0.1) is 0 Å². The summed E-state index contributed by atoms with van der Waals surface area (Å²) in [7, 11) is 3.50. The van der Waals surface area contributed by atoms with E-state index in [0.29, 0.717) is 29.5 Å². The average Bonchev–Trinajstić information content (AvgIpc) is 3.61. The van der Waals surface area contributed by atoms with Gasteiger partial charge < -0.3 is 9.84 Å². The topological polar surface area (TPSA) is 115 Å². The predicted octanol–water partition coefficient (Wildman–Crippen LogP) is 3.59. The van der Waals surface area contributed by atoms with Crippen LogP contribution in [-0.4, -0.2) is 41.7 Å². The Morgan fingerprint density at radius 2 is 1.91 bits per heavy atom. The Hall–Kier alpha value is -4.03. The Bertz CT molecular complexity index is 1430. The van der Waals surface area contributed by atoms with Gasteiger partial charge in [0.15, 0.2) is 11.6 Å². The van der Waals surface area contributed by atoms with Crippen molar-refractivity contribution in [2.24, 2.45) is 13.0 Å². The molecular formula is C26H27N7O2. The van der Waals surface area contributed by atoms with Crippen LogP contribution in [0.25, 0.3) is 17.1 Å². The molecule has 0 amide bonds. The minimum Gasteiger partial charge on any atom is -0.492 e. The van der Waals surface area contributed by atoms with Crippen LogP contribution in [0.3, 0.4) is 0 Å². The van der Waals surface area contributed by atoms with Gasteiger partial charge in [0.05, 0.1) is 36.2 Å². The number of nitriles is 1. The molecule has 0 aliphatic heterocycles. The van der Waals surface area contributed by atoms with Crippen LogP contribution >= 0.6 is 0 Å². The summed E-state index contributed by atoms with van der Waals surface area (Å²) in [6.07, 6.45) is 3.59. The van der Waals surface area contributed by atoms with Crippen LogP contribution in [0.5, 0.6) is 5.75 Å². The molecule has 0 saturated heterocycles. The first-order valence-electron chi connectivity index (χ1n) is 11.6. The van der Waals surface area contributed by atoms with Crippen LogP contribution in [0.2, 0.25) is 0 Å². The molecule has 1 atom stereocenters. The van der Waals surface area contributed by atoms with Gasteiger partial charge in [-0.25, -0.2) is 14.6 Å². The molecule has 9 heteroatoms. The molecule has 1 saturated carbocycles. The minimum absolute atomic E-state index is 0.327. The second-order valence-electron chi connectivity index (χ2n) is 8.96. The maximum absolute atomic E-state index is 10.7. The van der Waals surface area contributed by atoms with Gasteiger partial charge in [0.2, 0.25) is 0 Å². The lowest BCUT2D eigenvalue weighted by Crippen LogP contribution is -2.07. The average molecular weight is 470 g/mol. The summed E-state index contributed by atoms with van der Waals surface area (Å²) in [5.41, 5.74) is 6.47. The monoisotopic (exact) mass is 469 g/mol. The number of hydrogen-bond donors (Lipinski definition) is 1.